The number of fused-ring (bicyclic) bond motifs is 1. The molecule has 5 aromatic carbocycles. The van der Waals surface area contributed by atoms with E-state index in [9.17, 15) is 22.8 Å². The van der Waals surface area contributed by atoms with Crippen molar-refractivity contribution >= 4 is 57.3 Å². The quantitative estimate of drug-likeness (QED) is 0.186. The fourth-order valence-electron chi connectivity index (χ4n) is 4.25. The lowest BCUT2D eigenvalue weighted by Crippen LogP contribution is -2.21. The Balaban J connectivity index is 1.33. The second-order valence-corrected chi connectivity index (χ2v) is 10.7. The van der Waals surface area contributed by atoms with Crippen molar-refractivity contribution in [1.82, 2.24) is 0 Å². The van der Waals surface area contributed by atoms with Crippen LogP contribution in [0.25, 0.3) is 10.8 Å². The summed E-state index contributed by atoms with van der Waals surface area (Å²) in [5.74, 6) is -0.885. The minimum absolute atomic E-state index is 0.0860. The third-order valence-corrected chi connectivity index (χ3v) is 7.76. The number of thioether (sulfide) groups is 1. The fraction of sp³-hybridized carbons (Fsp3) is 0.0625. The van der Waals surface area contributed by atoms with Crippen molar-refractivity contribution in [1.29, 1.82) is 0 Å². The van der Waals surface area contributed by atoms with Crippen molar-refractivity contribution < 1.29 is 22.8 Å². The molecule has 1 unspecified atom stereocenters. The monoisotopic (exact) mass is 590 g/mol. The van der Waals surface area contributed by atoms with Gasteiger partial charge in [-0.15, -0.1) is 11.8 Å². The lowest BCUT2D eigenvalue weighted by molar-refractivity contribution is -0.137. The Morgan fingerprint density at radius 3 is 2.12 bits per heavy atom. The predicted molar refractivity (Wildman–Crippen MR) is 158 cm³/mol. The van der Waals surface area contributed by atoms with Crippen LogP contribution in [0.5, 0.6) is 0 Å². The second kappa shape index (κ2) is 12.1. The first-order valence-electron chi connectivity index (χ1n) is 12.5. The van der Waals surface area contributed by atoms with Crippen molar-refractivity contribution in [2.24, 2.45) is 0 Å². The molecule has 1 atom stereocenters. The molecule has 0 heterocycles. The summed E-state index contributed by atoms with van der Waals surface area (Å²) in [5.41, 5.74) is 0.292. The Morgan fingerprint density at radius 1 is 0.732 bits per heavy atom. The summed E-state index contributed by atoms with van der Waals surface area (Å²) in [7, 11) is 0. The van der Waals surface area contributed by atoms with Crippen LogP contribution in [0.1, 0.15) is 26.7 Å². The number of benzene rings is 5. The molecule has 0 saturated carbocycles. The molecule has 0 spiro atoms. The number of anilines is 2. The molecule has 0 aromatic heterocycles. The number of hydrogen-bond donors (Lipinski definition) is 2. The summed E-state index contributed by atoms with van der Waals surface area (Å²) in [6.45, 7) is 0. The molecule has 0 bridgehead atoms. The van der Waals surface area contributed by atoms with E-state index < -0.39 is 22.9 Å². The van der Waals surface area contributed by atoms with Crippen LogP contribution >= 0.6 is 23.4 Å². The summed E-state index contributed by atoms with van der Waals surface area (Å²) < 4.78 is 40.8. The topological polar surface area (TPSA) is 58.2 Å². The first-order valence-corrected chi connectivity index (χ1v) is 13.7. The number of carbonyl (C=O) groups is 2. The van der Waals surface area contributed by atoms with Gasteiger partial charge in [0.05, 0.1) is 11.3 Å². The van der Waals surface area contributed by atoms with E-state index in [2.05, 4.69) is 10.6 Å². The predicted octanol–water partition coefficient (Wildman–Crippen LogP) is 9.24. The molecule has 4 nitrogen and oxygen atoms in total. The van der Waals surface area contributed by atoms with Crippen molar-refractivity contribution in [3.8, 4) is 0 Å². The Hall–Kier alpha value is -4.27. The van der Waals surface area contributed by atoms with Crippen molar-refractivity contribution in [2.75, 3.05) is 10.6 Å². The zero-order chi connectivity index (χ0) is 29.0. The van der Waals surface area contributed by atoms with Gasteiger partial charge < -0.3 is 10.6 Å². The third kappa shape index (κ3) is 6.90. The molecule has 41 heavy (non-hydrogen) atoms. The number of amides is 2. The minimum atomic E-state index is -4.70. The number of nitrogens with one attached hydrogen (secondary N) is 2. The van der Waals surface area contributed by atoms with E-state index in [0.29, 0.717) is 21.7 Å². The molecular formula is C32H22ClF3N2O2S. The lowest BCUT2D eigenvalue weighted by Gasteiger charge is -2.19. The van der Waals surface area contributed by atoms with Gasteiger partial charge >= 0.3 is 6.18 Å². The summed E-state index contributed by atoms with van der Waals surface area (Å²) >= 11 is 6.96. The highest BCUT2D eigenvalue weighted by Crippen LogP contribution is 2.40. The van der Waals surface area contributed by atoms with E-state index in [1.54, 1.807) is 60.7 Å². The average molecular weight is 591 g/mol. The van der Waals surface area contributed by atoms with Gasteiger partial charge in [-0.25, -0.2) is 0 Å². The van der Waals surface area contributed by atoms with E-state index in [1.165, 1.54) is 17.8 Å². The first kappa shape index (κ1) is 28.3. The molecule has 0 radical (unpaired) electrons. The largest absolute Gasteiger partial charge is 0.418 e. The van der Waals surface area contributed by atoms with E-state index in [0.717, 1.165) is 22.9 Å². The molecule has 0 aliphatic heterocycles. The Morgan fingerprint density at radius 2 is 1.41 bits per heavy atom. The maximum atomic E-state index is 13.6. The van der Waals surface area contributed by atoms with E-state index in [-0.39, 0.29) is 16.6 Å². The smallest absolute Gasteiger partial charge is 0.324 e. The summed E-state index contributed by atoms with van der Waals surface area (Å²) in [6, 6.07) is 32.1. The molecule has 0 aliphatic carbocycles. The van der Waals surface area contributed by atoms with Crippen LogP contribution in [-0.2, 0) is 11.0 Å². The van der Waals surface area contributed by atoms with Gasteiger partial charge in [0.2, 0.25) is 5.91 Å². The van der Waals surface area contributed by atoms with E-state index in [1.807, 2.05) is 36.4 Å². The molecule has 0 saturated heterocycles. The van der Waals surface area contributed by atoms with E-state index in [4.69, 9.17) is 11.6 Å². The van der Waals surface area contributed by atoms with Crippen LogP contribution in [0.2, 0.25) is 5.02 Å². The Labute approximate surface area is 243 Å². The van der Waals surface area contributed by atoms with Crippen LogP contribution in [0.3, 0.4) is 0 Å². The number of carbonyl (C=O) groups excluding carboxylic acids is 2. The number of hydrogen-bond acceptors (Lipinski definition) is 3. The fourth-order valence-corrected chi connectivity index (χ4v) is 5.44. The maximum absolute atomic E-state index is 13.6. The standard InChI is InChI=1S/C32H22ClF3N2O2S/c33-24-12-17-28(27(19-24)32(34,35)36)38-31(40)29(21-7-2-1-3-8-21)41-26-15-13-25(14-16-26)37-30(39)23-11-10-20-6-4-5-9-22(20)18-23/h1-19,29H,(H,37,39)(H,38,40). The van der Waals surface area contributed by atoms with Gasteiger partial charge in [-0.05, 0) is 70.9 Å². The van der Waals surface area contributed by atoms with Crippen LogP contribution in [0, 0.1) is 0 Å². The van der Waals surface area contributed by atoms with Crippen molar-refractivity contribution in [3.63, 3.8) is 0 Å². The summed E-state index contributed by atoms with van der Waals surface area (Å²) in [4.78, 5) is 26.9. The van der Waals surface area contributed by atoms with Gasteiger partial charge in [0.1, 0.15) is 5.25 Å². The molecule has 2 N–H and O–H groups in total. The third-order valence-electron chi connectivity index (χ3n) is 6.26. The molecule has 9 heteroatoms. The summed E-state index contributed by atoms with van der Waals surface area (Å²) in [5, 5.41) is 6.36. The SMILES string of the molecule is O=C(Nc1ccc(SC(C(=O)Nc2ccc(Cl)cc2C(F)(F)F)c2ccccc2)cc1)c1ccc2ccccc2c1. The molecule has 206 valence electrons. The second-order valence-electron chi connectivity index (χ2n) is 9.13. The van der Waals surface area contributed by atoms with Crippen LogP contribution in [0.15, 0.2) is 120 Å². The van der Waals surface area contributed by atoms with Crippen molar-refractivity contribution in [2.45, 2.75) is 16.3 Å². The zero-order valence-electron chi connectivity index (χ0n) is 21.3. The molecule has 0 fully saturated rings. The molecule has 5 rings (SSSR count). The highest BCUT2D eigenvalue weighted by molar-refractivity contribution is 8.00. The highest BCUT2D eigenvalue weighted by atomic mass is 35.5. The van der Waals surface area contributed by atoms with E-state index >= 15 is 0 Å². The Bertz CT molecular complexity index is 1710. The van der Waals surface area contributed by atoms with Gasteiger partial charge in [0, 0.05) is 21.2 Å². The molecule has 0 aliphatic rings. The lowest BCUT2D eigenvalue weighted by atomic mass is 10.1. The molecule has 2 amide bonds. The maximum Gasteiger partial charge on any atom is 0.418 e. The zero-order valence-corrected chi connectivity index (χ0v) is 22.9. The van der Waals surface area contributed by atoms with Crippen molar-refractivity contribution in [3.05, 3.63) is 137 Å². The van der Waals surface area contributed by atoms with Crippen LogP contribution < -0.4 is 10.6 Å². The van der Waals surface area contributed by atoms with Crippen LogP contribution in [0.4, 0.5) is 24.5 Å². The first-order chi connectivity index (χ1) is 19.7. The average Bonchev–Trinajstić information content (AvgIpc) is 2.97. The normalized spacial score (nSPS) is 12.1. The van der Waals surface area contributed by atoms with Gasteiger partial charge in [0.15, 0.2) is 0 Å². The Kier molecular flexibility index (Phi) is 8.33. The number of halogens is 4. The van der Waals surface area contributed by atoms with Gasteiger partial charge in [-0.1, -0.05) is 72.3 Å². The number of rotatable bonds is 7. The minimum Gasteiger partial charge on any atom is -0.324 e. The highest BCUT2D eigenvalue weighted by Gasteiger charge is 2.35. The number of alkyl halides is 3. The van der Waals surface area contributed by atoms with Crippen LogP contribution in [-0.4, -0.2) is 11.8 Å². The molecule has 5 aromatic rings. The van der Waals surface area contributed by atoms with Gasteiger partial charge in [0.25, 0.3) is 5.91 Å². The van der Waals surface area contributed by atoms with Gasteiger partial charge in [-0.2, -0.15) is 13.2 Å². The molecular weight excluding hydrogens is 569 g/mol. The van der Waals surface area contributed by atoms with Gasteiger partial charge in [-0.3, -0.25) is 9.59 Å². The summed E-state index contributed by atoms with van der Waals surface area (Å²) in [6.07, 6.45) is -4.70.